The zero-order valence-corrected chi connectivity index (χ0v) is 13.3. The third kappa shape index (κ3) is 3.07. The van der Waals surface area contributed by atoms with Crippen LogP contribution in [0.3, 0.4) is 0 Å². The van der Waals surface area contributed by atoms with Crippen LogP contribution in [0.25, 0.3) is 0 Å². The van der Waals surface area contributed by atoms with E-state index in [9.17, 15) is 9.90 Å². The molecule has 23 heavy (non-hydrogen) atoms. The Hall–Kier alpha value is -2.34. The van der Waals surface area contributed by atoms with E-state index in [4.69, 9.17) is 4.74 Å². The molecule has 1 saturated carbocycles. The van der Waals surface area contributed by atoms with E-state index in [2.05, 4.69) is 10.4 Å². The summed E-state index contributed by atoms with van der Waals surface area (Å²) in [5.41, 5.74) is 0.161. The van der Waals surface area contributed by atoms with Gasteiger partial charge in [0.05, 0.1) is 13.7 Å². The van der Waals surface area contributed by atoms with Gasteiger partial charge in [-0.15, -0.1) is 5.10 Å². The van der Waals surface area contributed by atoms with Gasteiger partial charge >= 0.3 is 0 Å². The molecule has 3 rings (SSSR count). The van der Waals surface area contributed by atoms with Gasteiger partial charge < -0.3 is 15.2 Å². The first-order valence-electron chi connectivity index (χ1n) is 7.68. The first-order valence-corrected chi connectivity index (χ1v) is 7.68. The summed E-state index contributed by atoms with van der Waals surface area (Å²) in [5.74, 6) is 0.158. The summed E-state index contributed by atoms with van der Waals surface area (Å²) in [7, 11) is 3.20. The van der Waals surface area contributed by atoms with Crippen molar-refractivity contribution >= 4 is 5.91 Å². The summed E-state index contributed by atoms with van der Waals surface area (Å²) < 4.78 is 6.63. The first-order chi connectivity index (χ1) is 11.0. The summed E-state index contributed by atoms with van der Waals surface area (Å²) in [4.78, 5) is 12.4. The van der Waals surface area contributed by atoms with E-state index in [1.54, 1.807) is 13.2 Å². The maximum atomic E-state index is 12.4. The molecule has 1 aromatic carbocycles. The van der Waals surface area contributed by atoms with Crippen LogP contribution in [0.2, 0.25) is 0 Å². The monoisotopic (exact) mass is 315 g/mol. The number of ether oxygens (including phenoxy) is 1. The second-order valence-electron chi connectivity index (χ2n) is 5.97. The van der Waals surface area contributed by atoms with Crippen LogP contribution < -0.4 is 10.1 Å². The second-order valence-corrected chi connectivity index (χ2v) is 5.97. The number of hydrogen-bond acceptors (Lipinski definition) is 4. The summed E-state index contributed by atoms with van der Waals surface area (Å²) in [5, 5.41) is 18.0. The maximum absolute atomic E-state index is 12.4. The van der Waals surface area contributed by atoms with Crippen molar-refractivity contribution in [2.75, 3.05) is 13.7 Å². The standard InChI is InChI=1S/C17H21N3O3/c1-20-10-14(16(19-20)23-2)15(21)18-11-17(22,13-8-9-13)12-6-4-3-5-7-12/h3-7,10,13,22H,8-9,11H2,1-2H3,(H,18,21). The minimum atomic E-state index is -1.04. The first kappa shape index (κ1) is 15.6. The average Bonchev–Trinajstić information content (AvgIpc) is 3.36. The number of carbonyl (C=O) groups excluding carboxylic acids is 1. The lowest BCUT2D eigenvalue weighted by Crippen LogP contribution is -2.42. The summed E-state index contributed by atoms with van der Waals surface area (Å²) in [6.45, 7) is 0.165. The zero-order valence-electron chi connectivity index (χ0n) is 13.3. The Kier molecular flexibility index (Phi) is 4.09. The SMILES string of the molecule is COc1nn(C)cc1C(=O)NCC(O)(c1ccccc1)C1CC1. The number of nitrogens with one attached hydrogen (secondary N) is 1. The molecule has 0 saturated heterocycles. The van der Waals surface area contributed by atoms with E-state index < -0.39 is 5.60 Å². The Bertz CT molecular complexity index is 694. The molecule has 6 nitrogen and oxygen atoms in total. The van der Waals surface area contributed by atoms with Crippen LogP contribution in [0, 0.1) is 5.92 Å². The number of rotatable bonds is 6. The van der Waals surface area contributed by atoms with Crippen LogP contribution in [0.4, 0.5) is 0 Å². The van der Waals surface area contributed by atoms with Crippen molar-refractivity contribution in [1.29, 1.82) is 0 Å². The number of carbonyl (C=O) groups is 1. The molecule has 1 heterocycles. The van der Waals surface area contributed by atoms with Crippen LogP contribution in [-0.4, -0.2) is 34.4 Å². The highest BCUT2D eigenvalue weighted by atomic mass is 16.5. The van der Waals surface area contributed by atoms with E-state index in [0.29, 0.717) is 5.56 Å². The number of nitrogens with zero attached hydrogens (tertiary/aromatic N) is 2. The highest BCUT2D eigenvalue weighted by Gasteiger charge is 2.45. The van der Waals surface area contributed by atoms with Gasteiger partial charge in [0.1, 0.15) is 11.2 Å². The average molecular weight is 315 g/mol. The molecule has 1 unspecified atom stereocenters. The fourth-order valence-corrected chi connectivity index (χ4v) is 2.85. The number of aromatic nitrogens is 2. The van der Waals surface area contributed by atoms with Crippen LogP contribution in [0.15, 0.2) is 36.5 Å². The minimum absolute atomic E-state index is 0.165. The molecule has 1 atom stereocenters. The van der Waals surface area contributed by atoms with Crippen molar-refractivity contribution in [3.05, 3.63) is 47.7 Å². The van der Waals surface area contributed by atoms with Crippen molar-refractivity contribution in [2.45, 2.75) is 18.4 Å². The van der Waals surface area contributed by atoms with E-state index in [1.807, 2.05) is 30.3 Å². The van der Waals surface area contributed by atoms with Crippen molar-refractivity contribution < 1.29 is 14.6 Å². The second kappa shape index (κ2) is 6.04. The van der Waals surface area contributed by atoms with Gasteiger partial charge in [-0.2, -0.15) is 0 Å². The normalized spacial score (nSPS) is 16.7. The van der Waals surface area contributed by atoms with E-state index in [0.717, 1.165) is 18.4 Å². The van der Waals surface area contributed by atoms with Crippen molar-refractivity contribution in [3.8, 4) is 5.88 Å². The van der Waals surface area contributed by atoms with Gasteiger partial charge in [-0.25, -0.2) is 0 Å². The van der Waals surface area contributed by atoms with Gasteiger partial charge in [-0.05, 0) is 24.3 Å². The highest BCUT2D eigenvalue weighted by molar-refractivity contribution is 5.96. The molecular weight excluding hydrogens is 294 g/mol. The van der Waals surface area contributed by atoms with Crippen molar-refractivity contribution in [1.82, 2.24) is 15.1 Å². The number of benzene rings is 1. The predicted molar refractivity (Wildman–Crippen MR) is 85.2 cm³/mol. The molecule has 2 N–H and O–H groups in total. The lowest BCUT2D eigenvalue weighted by Gasteiger charge is -2.29. The summed E-state index contributed by atoms with van der Waals surface area (Å²) in [6.07, 6.45) is 3.54. The van der Waals surface area contributed by atoms with Crippen LogP contribution in [0.5, 0.6) is 5.88 Å². The largest absolute Gasteiger partial charge is 0.479 e. The third-order valence-corrected chi connectivity index (χ3v) is 4.28. The number of aryl methyl sites for hydroxylation is 1. The fraction of sp³-hybridized carbons (Fsp3) is 0.412. The van der Waals surface area contributed by atoms with Crippen LogP contribution in [-0.2, 0) is 12.6 Å². The Labute approximate surface area is 135 Å². The molecule has 0 spiro atoms. The quantitative estimate of drug-likeness (QED) is 0.846. The number of methoxy groups -OCH3 is 1. The van der Waals surface area contributed by atoms with Gasteiger partial charge in [0.25, 0.3) is 5.91 Å². The Morgan fingerprint density at radius 2 is 2.13 bits per heavy atom. The fourth-order valence-electron chi connectivity index (χ4n) is 2.85. The molecule has 1 aromatic heterocycles. The van der Waals surface area contributed by atoms with Gasteiger partial charge in [-0.1, -0.05) is 30.3 Å². The Morgan fingerprint density at radius 3 is 2.74 bits per heavy atom. The highest BCUT2D eigenvalue weighted by Crippen LogP contribution is 2.45. The van der Waals surface area contributed by atoms with E-state index >= 15 is 0 Å². The topological polar surface area (TPSA) is 76.4 Å². The minimum Gasteiger partial charge on any atom is -0.479 e. The molecule has 122 valence electrons. The van der Waals surface area contributed by atoms with Crippen molar-refractivity contribution in [2.24, 2.45) is 13.0 Å². The molecule has 6 heteroatoms. The molecule has 0 aliphatic heterocycles. The van der Waals surface area contributed by atoms with E-state index in [1.165, 1.54) is 11.8 Å². The van der Waals surface area contributed by atoms with Crippen molar-refractivity contribution in [3.63, 3.8) is 0 Å². The Morgan fingerprint density at radius 1 is 1.43 bits per heavy atom. The number of aliphatic hydroxyl groups is 1. The lowest BCUT2D eigenvalue weighted by molar-refractivity contribution is 0.0135. The molecule has 0 radical (unpaired) electrons. The van der Waals surface area contributed by atoms with Gasteiger partial charge in [0.2, 0.25) is 5.88 Å². The third-order valence-electron chi connectivity index (χ3n) is 4.28. The van der Waals surface area contributed by atoms with Gasteiger partial charge in [-0.3, -0.25) is 9.48 Å². The Balaban J connectivity index is 1.76. The summed E-state index contributed by atoms with van der Waals surface area (Å²) in [6, 6.07) is 9.50. The maximum Gasteiger partial charge on any atom is 0.258 e. The molecule has 1 fully saturated rings. The molecular formula is C17H21N3O3. The van der Waals surface area contributed by atoms with Gasteiger partial charge in [0, 0.05) is 13.2 Å². The zero-order chi connectivity index (χ0) is 16.4. The van der Waals surface area contributed by atoms with Crippen LogP contribution >= 0.6 is 0 Å². The number of hydrogen-bond donors (Lipinski definition) is 2. The summed E-state index contributed by atoms with van der Waals surface area (Å²) >= 11 is 0. The van der Waals surface area contributed by atoms with Gasteiger partial charge in [0.15, 0.2) is 0 Å². The molecule has 2 aromatic rings. The molecule has 0 bridgehead atoms. The molecule has 1 aliphatic rings. The van der Waals surface area contributed by atoms with E-state index in [-0.39, 0.29) is 24.2 Å². The smallest absolute Gasteiger partial charge is 0.258 e. The predicted octanol–water partition coefficient (Wildman–Crippen LogP) is 1.46. The van der Waals surface area contributed by atoms with Crippen LogP contribution in [0.1, 0.15) is 28.8 Å². The lowest BCUT2D eigenvalue weighted by atomic mass is 9.88. The molecule has 1 amide bonds. The molecule has 1 aliphatic carbocycles. The number of amides is 1.